The minimum atomic E-state index is -3.48. The standard InChI is InChI=1S/C18H22N2O3S3/c1-19(2)26(22,23)15-7-5-14(6-8-15)18(21)20-10-9-17(25-13-11-20)16-4-3-12-24-16/h3-8,12,17H,9-11,13H2,1-2H3. The van der Waals surface area contributed by atoms with Crippen LogP contribution in [-0.4, -0.2) is 56.5 Å². The molecule has 2 aromatic rings. The molecule has 0 aliphatic carbocycles. The van der Waals surface area contributed by atoms with Crippen LogP contribution in [0, 0.1) is 0 Å². The quantitative estimate of drug-likeness (QED) is 0.776. The molecule has 0 N–H and O–H groups in total. The summed E-state index contributed by atoms with van der Waals surface area (Å²) in [5.74, 6) is 0.868. The molecule has 1 unspecified atom stereocenters. The van der Waals surface area contributed by atoms with Gasteiger partial charge in [0.25, 0.3) is 5.91 Å². The largest absolute Gasteiger partial charge is 0.338 e. The topological polar surface area (TPSA) is 57.7 Å². The zero-order valence-corrected chi connectivity index (χ0v) is 17.2. The lowest BCUT2D eigenvalue weighted by atomic mass is 10.2. The van der Waals surface area contributed by atoms with Crippen molar-refractivity contribution in [3.8, 4) is 0 Å². The molecular formula is C18H22N2O3S3. The van der Waals surface area contributed by atoms with Crippen LogP contribution in [-0.2, 0) is 10.0 Å². The third-order valence-corrected chi connectivity index (χ3v) is 8.64. The third kappa shape index (κ3) is 4.14. The van der Waals surface area contributed by atoms with Gasteiger partial charge in [0.1, 0.15) is 0 Å². The van der Waals surface area contributed by atoms with Gasteiger partial charge in [-0.05, 0) is 42.1 Å². The molecule has 0 radical (unpaired) electrons. The minimum absolute atomic E-state index is 0.0359. The summed E-state index contributed by atoms with van der Waals surface area (Å²) in [6.45, 7) is 1.43. The number of rotatable bonds is 4. The first-order chi connectivity index (χ1) is 12.4. The first-order valence-electron chi connectivity index (χ1n) is 8.36. The molecular weight excluding hydrogens is 388 g/mol. The summed E-state index contributed by atoms with van der Waals surface area (Å²) in [6, 6.07) is 10.4. The fraction of sp³-hybridized carbons (Fsp3) is 0.389. The van der Waals surface area contributed by atoms with Crippen LogP contribution in [0.3, 0.4) is 0 Å². The Hall–Kier alpha value is -1.35. The van der Waals surface area contributed by atoms with E-state index >= 15 is 0 Å². The number of amides is 1. The van der Waals surface area contributed by atoms with E-state index in [1.165, 1.54) is 35.4 Å². The lowest BCUT2D eigenvalue weighted by molar-refractivity contribution is 0.0766. The maximum atomic E-state index is 12.8. The summed E-state index contributed by atoms with van der Waals surface area (Å²) < 4.78 is 25.4. The van der Waals surface area contributed by atoms with E-state index in [4.69, 9.17) is 0 Å². The van der Waals surface area contributed by atoms with Crippen LogP contribution in [0.15, 0.2) is 46.7 Å². The van der Waals surface area contributed by atoms with Crippen molar-refractivity contribution in [2.45, 2.75) is 16.6 Å². The molecule has 1 aromatic carbocycles. The van der Waals surface area contributed by atoms with E-state index in [0.29, 0.717) is 23.9 Å². The van der Waals surface area contributed by atoms with Crippen molar-refractivity contribution in [3.63, 3.8) is 0 Å². The Morgan fingerprint density at radius 1 is 1.15 bits per heavy atom. The average Bonchev–Trinajstić information content (AvgIpc) is 3.06. The normalized spacial score (nSPS) is 18.7. The first-order valence-corrected chi connectivity index (χ1v) is 11.7. The van der Waals surface area contributed by atoms with Gasteiger partial charge in [-0.1, -0.05) is 6.07 Å². The van der Waals surface area contributed by atoms with Crippen molar-refractivity contribution in [1.29, 1.82) is 0 Å². The molecule has 1 aromatic heterocycles. The summed E-state index contributed by atoms with van der Waals surface area (Å²) in [7, 11) is -0.489. The van der Waals surface area contributed by atoms with Crippen LogP contribution in [0.2, 0.25) is 0 Å². The fourth-order valence-corrected chi connectivity index (χ4v) is 5.98. The van der Waals surface area contributed by atoms with Crippen molar-refractivity contribution in [3.05, 3.63) is 52.2 Å². The predicted molar refractivity (Wildman–Crippen MR) is 107 cm³/mol. The second-order valence-electron chi connectivity index (χ2n) is 6.27. The highest BCUT2D eigenvalue weighted by Crippen LogP contribution is 2.36. The van der Waals surface area contributed by atoms with Gasteiger partial charge in [0, 0.05) is 48.6 Å². The smallest absolute Gasteiger partial charge is 0.253 e. The Kier molecular flexibility index (Phi) is 6.06. The SMILES string of the molecule is CN(C)S(=O)(=O)c1ccc(C(=O)N2CCSC(c3cccs3)CC2)cc1. The van der Waals surface area contributed by atoms with E-state index in [1.54, 1.807) is 23.5 Å². The van der Waals surface area contributed by atoms with E-state index in [9.17, 15) is 13.2 Å². The molecule has 1 aliphatic heterocycles. The van der Waals surface area contributed by atoms with Gasteiger partial charge >= 0.3 is 0 Å². The molecule has 1 saturated heterocycles. The number of nitrogens with zero attached hydrogens (tertiary/aromatic N) is 2. The Morgan fingerprint density at radius 3 is 2.50 bits per heavy atom. The van der Waals surface area contributed by atoms with E-state index < -0.39 is 10.0 Å². The molecule has 2 heterocycles. The monoisotopic (exact) mass is 410 g/mol. The molecule has 140 valence electrons. The molecule has 1 atom stereocenters. The van der Waals surface area contributed by atoms with E-state index in [0.717, 1.165) is 12.2 Å². The second kappa shape index (κ2) is 8.12. The minimum Gasteiger partial charge on any atom is -0.338 e. The van der Waals surface area contributed by atoms with Crippen LogP contribution in [0.4, 0.5) is 0 Å². The van der Waals surface area contributed by atoms with Crippen LogP contribution in [0.5, 0.6) is 0 Å². The highest BCUT2D eigenvalue weighted by atomic mass is 32.2. The number of hydrogen-bond donors (Lipinski definition) is 0. The summed E-state index contributed by atoms with van der Waals surface area (Å²) in [5, 5.41) is 2.54. The molecule has 8 heteroatoms. The molecule has 5 nitrogen and oxygen atoms in total. The van der Waals surface area contributed by atoms with Crippen LogP contribution >= 0.6 is 23.1 Å². The Balaban J connectivity index is 1.69. The summed E-state index contributed by atoms with van der Waals surface area (Å²) in [5.41, 5.74) is 0.530. The highest BCUT2D eigenvalue weighted by molar-refractivity contribution is 7.99. The maximum absolute atomic E-state index is 12.8. The predicted octanol–water partition coefficient (Wildman–Crippen LogP) is 3.32. The lowest BCUT2D eigenvalue weighted by Gasteiger charge is -2.20. The molecule has 3 rings (SSSR count). The number of hydrogen-bond acceptors (Lipinski definition) is 5. The number of benzene rings is 1. The van der Waals surface area contributed by atoms with Crippen LogP contribution in [0.25, 0.3) is 0 Å². The molecule has 26 heavy (non-hydrogen) atoms. The Morgan fingerprint density at radius 2 is 1.88 bits per heavy atom. The van der Waals surface area contributed by atoms with Gasteiger partial charge in [-0.2, -0.15) is 11.8 Å². The third-order valence-electron chi connectivity index (χ3n) is 4.37. The molecule has 0 bridgehead atoms. The fourth-order valence-electron chi connectivity index (χ4n) is 2.84. The average molecular weight is 411 g/mol. The zero-order valence-electron chi connectivity index (χ0n) is 14.8. The lowest BCUT2D eigenvalue weighted by Crippen LogP contribution is -2.33. The van der Waals surface area contributed by atoms with Crippen molar-refractivity contribution in [1.82, 2.24) is 9.21 Å². The van der Waals surface area contributed by atoms with Gasteiger partial charge in [0.05, 0.1) is 4.90 Å². The Bertz CT molecular complexity index is 846. The molecule has 1 fully saturated rings. The van der Waals surface area contributed by atoms with Gasteiger partial charge in [-0.25, -0.2) is 12.7 Å². The summed E-state index contributed by atoms with van der Waals surface area (Å²) in [6.07, 6.45) is 0.935. The van der Waals surface area contributed by atoms with Crippen molar-refractivity contribution in [2.75, 3.05) is 32.9 Å². The zero-order chi connectivity index (χ0) is 18.7. The first kappa shape index (κ1) is 19.4. The van der Waals surface area contributed by atoms with Gasteiger partial charge in [-0.15, -0.1) is 11.3 Å². The van der Waals surface area contributed by atoms with E-state index in [-0.39, 0.29) is 10.8 Å². The van der Waals surface area contributed by atoms with Gasteiger partial charge in [-0.3, -0.25) is 4.79 Å². The number of thiophene rings is 1. The van der Waals surface area contributed by atoms with Crippen molar-refractivity contribution in [2.24, 2.45) is 0 Å². The van der Waals surface area contributed by atoms with Gasteiger partial charge in [0.15, 0.2) is 0 Å². The van der Waals surface area contributed by atoms with Crippen LogP contribution in [0.1, 0.15) is 26.9 Å². The molecule has 0 saturated carbocycles. The van der Waals surface area contributed by atoms with Gasteiger partial charge < -0.3 is 4.90 Å². The number of carbonyl (C=O) groups is 1. The van der Waals surface area contributed by atoms with E-state index in [1.807, 2.05) is 16.7 Å². The highest BCUT2D eigenvalue weighted by Gasteiger charge is 2.24. The number of carbonyl (C=O) groups excluding carboxylic acids is 1. The molecule has 1 amide bonds. The summed E-state index contributed by atoms with van der Waals surface area (Å²) >= 11 is 3.66. The van der Waals surface area contributed by atoms with Crippen molar-refractivity contribution < 1.29 is 13.2 Å². The number of thioether (sulfide) groups is 1. The number of sulfonamides is 1. The Labute approximate surface area is 163 Å². The maximum Gasteiger partial charge on any atom is 0.253 e. The second-order valence-corrected chi connectivity index (χ2v) is 10.7. The van der Waals surface area contributed by atoms with Crippen LogP contribution < -0.4 is 0 Å². The van der Waals surface area contributed by atoms with Gasteiger partial charge in [0.2, 0.25) is 10.0 Å². The van der Waals surface area contributed by atoms with E-state index in [2.05, 4.69) is 17.5 Å². The van der Waals surface area contributed by atoms with Crippen molar-refractivity contribution >= 4 is 39.0 Å². The molecule has 0 spiro atoms. The molecule has 1 aliphatic rings. The summed E-state index contributed by atoms with van der Waals surface area (Å²) in [4.78, 5) is 16.2.